The van der Waals surface area contributed by atoms with Crippen LogP contribution >= 0.6 is 0 Å². The van der Waals surface area contributed by atoms with Gasteiger partial charge in [0.25, 0.3) is 0 Å². The third-order valence-electron chi connectivity index (χ3n) is 6.18. The molecule has 4 aromatic rings. The number of aromatic nitrogens is 1. The minimum atomic E-state index is -0.884. The molecule has 0 spiro atoms. The fourth-order valence-corrected chi connectivity index (χ4v) is 4.11. The van der Waals surface area contributed by atoms with E-state index in [0.717, 1.165) is 23.0 Å². The van der Waals surface area contributed by atoms with Crippen LogP contribution in [-0.2, 0) is 11.2 Å². The highest BCUT2D eigenvalue weighted by Gasteiger charge is 2.24. The molecular formula is C33H34N2O5. The SMILES string of the molecule is CC(C)(C)OC(=O)N(CCc1ccc(-c2ccc(C=O)c(Oc3ccccc3)c2)cc1)CC(O)c1cccnc1. The normalized spacial score (nSPS) is 11.9. The first-order chi connectivity index (χ1) is 19.2. The Hall–Kier alpha value is -4.49. The van der Waals surface area contributed by atoms with Gasteiger partial charge in [0.2, 0.25) is 0 Å². The molecule has 1 heterocycles. The molecule has 0 radical (unpaired) electrons. The molecule has 7 heteroatoms. The third kappa shape index (κ3) is 8.01. The van der Waals surface area contributed by atoms with Gasteiger partial charge >= 0.3 is 6.09 Å². The number of amides is 1. The average molecular weight is 539 g/mol. The van der Waals surface area contributed by atoms with Crippen LogP contribution in [0.5, 0.6) is 11.5 Å². The van der Waals surface area contributed by atoms with Gasteiger partial charge in [-0.3, -0.25) is 9.78 Å². The summed E-state index contributed by atoms with van der Waals surface area (Å²) < 4.78 is 11.6. The van der Waals surface area contributed by atoms with Crippen molar-refractivity contribution in [2.75, 3.05) is 13.1 Å². The van der Waals surface area contributed by atoms with E-state index in [2.05, 4.69) is 4.98 Å². The van der Waals surface area contributed by atoms with Crippen LogP contribution in [0.4, 0.5) is 4.79 Å². The van der Waals surface area contributed by atoms with Crippen LogP contribution in [0, 0.1) is 0 Å². The van der Waals surface area contributed by atoms with Crippen molar-refractivity contribution < 1.29 is 24.2 Å². The molecule has 0 aliphatic carbocycles. The van der Waals surface area contributed by atoms with Gasteiger partial charge in [-0.25, -0.2) is 4.79 Å². The van der Waals surface area contributed by atoms with Crippen LogP contribution in [0.3, 0.4) is 0 Å². The lowest BCUT2D eigenvalue weighted by Crippen LogP contribution is -2.40. The maximum atomic E-state index is 12.9. The van der Waals surface area contributed by atoms with E-state index in [1.807, 2.05) is 87.5 Å². The topological polar surface area (TPSA) is 89.0 Å². The smallest absolute Gasteiger partial charge is 0.410 e. The Labute approximate surface area is 235 Å². The van der Waals surface area contributed by atoms with Crippen molar-refractivity contribution in [3.8, 4) is 22.6 Å². The summed E-state index contributed by atoms with van der Waals surface area (Å²) in [5.41, 5.74) is 3.36. The van der Waals surface area contributed by atoms with Gasteiger partial charge in [0.1, 0.15) is 17.1 Å². The van der Waals surface area contributed by atoms with Gasteiger partial charge in [-0.05, 0) is 74.2 Å². The van der Waals surface area contributed by atoms with Gasteiger partial charge in [0, 0.05) is 24.5 Å². The number of aliphatic hydroxyl groups excluding tert-OH is 1. The van der Waals surface area contributed by atoms with Gasteiger partial charge in [0.15, 0.2) is 6.29 Å². The molecule has 1 atom stereocenters. The summed E-state index contributed by atoms with van der Waals surface area (Å²) in [4.78, 5) is 30.1. The second kappa shape index (κ2) is 13.0. The summed E-state index contributed by atoms with van der Waals surface area (Å²) in [6.45, 7) is 5.91. The number of aldehydes is 1. The van der Waals surface area contributed by atoms with Crippen molar-refractivity contribution in [1.29, 1.82) is 0 Å². The zero-order valence-electron chi connectivity index (χ0n) is 23.0. The zero-order chi connectivity index (χ0) is 28.5. The van der Waals surface area contributed by atoms with E-state index in [-0.39, 0.29) is 6.54 Å². The molecule has 4 rings (SSSR count). The minimum absolute atomic E-state index is 0.0892. The Bertz CT molecular complexity index is 1400. The van der Waals surface area contributed by atoms with E-state index in [9.17, 15) is 14.7 Å². The van der Waals surface area contributed by atoms with Crippen molar-refractivity contribution >= 4 is 12.4 Å². The number of nitrogens with zero attached hydrogens (tertiary/aromatic N) is 2. The van der Waals surface area contributed by atoms with Crippen LogP contribution in [0.25, 0.3) is 11.1 Å². The average Bonchev–Trinajstić information content (AvgIpc) is 2.95. The summed E-state index contributed by atoms with van der Waals surface area (Å²) in [6, 6.07) is 26.4. The molecule has 1 N–H and O–H groups in total. The van der Waals surface area contributed by atoms with E-state index >= 15 is 0 Å². The van der Waals surface area contributed by atoms with Crippen LogP contribution in [0.1, 0.15) is 48.4 Å². The summed E-state index contributed by atoms with van der Waals surface area (Å²) in [6.07, 6.45) is 3.23. The molecule has 0 fully saturated rings. The number of ether oxygens (including phenoxy) is 2. The Morgan fingerprint density at radius 1 is 0.975 bits per heavy atom. The Morgan fingerprint density at radius 3 is 2.35 bits per heavy atom. The molecule has 0 aliphatic rings. The number of hydrogen-bond donors (Lipinski definition) is 1. The first-order valence-electron chi connectivity index (χ1n) is 13.2. The molecule has 1 unspecified atom stereocenters. The zero-order valence-corrected chi connectivity index (χ0v) is 23.0. The summed E-state index contributed by atoms with van der Waals surface area (Å²) in [5, 5.41) is 10.7. The lowest BCUT2D eigenvalue weighted by Gasteiger charge is -2.29. The van der Waals surface area contributed by atoms with E-state index < -0.39 is 17.8 Å². The predicted octanol–water partition coefficient (Wildman–Crippen LogP) is 6.87. The lowest BCUT2D eigenvalue weighted by atomic mass is 10.0. The Kier molecular flexibility index (Phi) is 9.30. The number of hydrogen-bond acceptors (Lipinski definition) is 6. The van der Waals surface area contributed by atoms with Gasteiger partial charge in [0.05, 0.1) is 18.2 Å². The standard InChI is InChI=1S/C33H34N2O5/c1-33(2,3)40-32(38)35(22-30(37)27-8-7-18-34-21-27)19-17-24-11-13-25(14-12-24)26-15-16-28(23-36)31(20-26)39-29-9-5-4-6-10-29/h4-16,18,20-21,23,30,37H,17,19,22H2,1-3H3. The monoisotopic (exact) mass is 538 g/mol. The highest BCUT2D eigenvalue weighted by atomic mass is 16.6. The molecule has 1 aromatic heterocycles. The second-order valence-corrected chi connectivity index (χ2v) is 10.5. The molecule has 7 nitrogen and oxygen atoms in total. The van der Waals surface area contributed by atoms with Gasteiger partial charge in [-0.2, -0.15) is 0 Å². The summed E-state index contributed by atoms with van der Waals surface area (Å²) in [5.74, 6) is 1.14. The summed E-state index contributed by atoms with van der Waals surface area (Å²) in [7, 11) is 0. The number of carbonyl (C=O) groups excluding carboxylic acids is 2. The van der Waals surface area contributed by atoms with Gasteiger partial charge in [-0.15, -0.1) is 0 Å². The maximum absolute atomic E-state index is 12.9. The predicted molar refractivity (Wildman–Crippen MR) is 154 cm³/mol. The van der Waals surface area contributed by atoms with Crippen molar-refractivity contribution in [1.82, 2.24) is 9.88 Å². The maximum Gasteiger partial charge on any atom is 0.410 e. The first-order valence-corrected chi connectivity index (χ1v) is 13.2. The minimum Gasteiger partial charge on any atom is -0.457 e. The quantitative estimate of drug-likeness (QED) is 0.222. The van der Waals surface area contributed by atoms with Crippen molar-refractivity contribution in [2.45, 2.75) is 38.9 Å². The highest BCUT2D eigenvalue weighted by molar-refractivity contribution is 5.82. The largest absolute Gasteiger partial charge is 0.457 e. The van der Waals surface area contributed by atoms with Crippen LogP contribution < -0.4 is 4.74 Å². The highest BCUT2D eigenvalue weighted by Crippen LogP contribution is 2.30. The van der Waals surface area contributed by atoms with Crippen LogP contribution in [-0.4, -0.2) is 46.1 Å². The number of carbonyl (C=O) groups is 2. The van der Waals surface area contributed by atoms with E-state index in [0.29, 0.717) is 35.6 Å². The molecule has 206 valence electrons. The Balaban J connectivity index is 1.46. The molecule has 0 aliphatic heterocycles. The third-order valence-corrected chi connectivity index (χ3v) is 6.18. The fraction of sp³-hybridized carbons (Fsp3) is 0.242. The molecule has 1 amide bonds. The van der Waals surface area contributed by atoms with Crippen LogP contribution in [0.15, 0.2) is 97.3 Å². The van der Waals surface area contributed by atoms with E-state index in [1.54, 1.807) is 30.6 Å². The molecule has 0 saturated carbocycles. The van der Waals surface area contributed by atoms with E-state index in [1.165, 1.54) is 4.90 Å². The van der Waals surface area contributed by atoms with Crippen molar-refractivity contribution in [2.24, 2.45) is 0 Å². The number of para-hydroxylation sites is 1. The Morgan fingerprint density at radius 2 is 1.70 bits per heavy atom. The van der Waals surface area contributed by atoms with Gasteiger partial charge < -0.3 is 19.5 Å². The van der Waals surface area contributed by atoms with Gasteiger partial charge in [-0.1, -0.05) is 54.6 Å². The van der Waals surface area contributed by atoms with Crippen LogP contribution in [0.2, 0.25) is 0 Å². The molecular weight excluding hydrogens is 504 g/mol. The van der Waals surface area contributed by atoms with Crippen molar-refractivity contribution in [3.63, 3.8) is 0 Å². The molecule has 3 aromatic carbocycles. The molecule has 40 heavy (non-hydrogen) atoms. The first kappa shape index (κ1) is 28.5. The second-order valence-electron chi connectivity index (χ2n) is 10.5. The van der Waals surface area contributed by atoms with E-state index in [4.69, 9.17) is 9.47 Å². The number of pyridine rings is 1. The summed E-state index contributed by atoms with van der Waals surface area (Å²) >= 11 is 0. The number of rotatable bonds is 10. The lowest BCUT2D eigenvalue weighted by molar-refractivity contribution is 0.0146. The molecule has 0 saturated heterocycles. The molecule has 0 bridgehead atoms. The fourth-order valence-electron chi connectivity index (χ4n) is 4.11. The van der Waals surface area contributed by atoms with Crippen molar-refractivity contribution in [3.05, 3.63) is 114 Å². The number of benzene rings is 3. The number of aliphatic hydroxyl groups is 1.